The van der Waals surface area contributed by atoms with Crippen LogP contribution in [0.25, 0.3) is 0 Å². The summed E-state index contributed by atoms with van der Waals surface area (Å²) in [4.78, 5) is 13.1. The molecule has 0 saturated carbocycles. The van der Waals surface area contributed by atoms with Gasteiger partial charge in [0.25, 0.3) is 0 Å². The zero-order valence-electron chi connectivity index (χ0n) is 11.6. The van der Waals surface area contributed by atoms with Gasteiger partial charge in [0.05, 0.1) is 18.7 Å². The fourth-order valence-electron chi connectivity index (χ4n) is 1.48. The van der Waals surface area contributed by atoms with Crippen molar-refractivity contribution in [3.05, 3.63) is 18.2 Å². The molecule has 1 rings (SSSR count). The molecule has 0 aliphatic heterocycles. The second-order valence-corrected chi connectivity index (χ2v) is 4.74. The smallest absolute Gasteiger partial charge is 0.392 e. The molecule has 0 fully saturated rings. The Labute approximate surface area is 125 Å². The highest BCUT2D eigenvalue weighted by molar-refractivity contribution is 6.29. The van der Waals surface area contributed by atoms with Crippen molar-refractivity contribution >= 4 is 28.9 Å². The van der Waals surface area contributed by atoms with Gasteiger partial charge in [0.2, 0.25) is 5.91 Å². The molecule has 0 unspecified atom stereocenters. The summed E-state index contributed by atoms with van der Waals surface area (Å²) in [6.07, 6.45) is -5.35. The van der Waals surface area contributed by atoms with Gasteiger partial charge in [0.1, 0.15) is 11.6 Å². The third kappa shape index (κ3) is 6.12. The Hall–Kier alpha value is -1.63. The average molecular weight is 325 g/mol. The Bertz CT molecular complexity index is 493. The van der Waals surface area contributed by atoms with Gasteiger partial charge in [-0.1, -0.05) is 0 Å². The number of hydrogen-bond donors (Lipinski definition) is 1. The van der Waals surface area contributed by atoms with Crippen molar-refractivity contribution in [3.8, 4) is 5.75 Å². The van der Waals surface area contributed by atoms with E-state index in [1.54, 1.807) is 31.1 Å². The molecule has 0 heterocycles. The summed E-state index contributed by atoms with van der Waals surface area (Å²) in [5.74, 6) is -0.551. The number of amides is 1. The first kappa shape index (κ1) is 17.4. The van der Waals surface area contributed by atoms with E-state index in [0.717, 1.165) is 5.69 Å². The number of rotatable bonds is 6. The lowest BCUT2D eigenvalue weighted by Crippen LogP contribution is -2.17. The number of nitrogens with one attached hydrogen (secondary N) is 1. The summed E-state index contributed by atoms with van der Waals surface area (Å²) in [5.41, 5.74) is 1.05. The van der Waals surface area contributed by atoms with Gasteiger partial charge in [-0.15, -0.1) is 11.6 Å². The number of anilines is 2. The minimum absolute atomic E-state index is 0.170. The molecule has 1 aromatic rings. The molecule has 0 atom stereocenters. The Balaban J connectivity index is 2.87. The van der Waals surface area contributed by atoms with Crippen molar-refractivity contribution in [2.45, 2.75) is 12.6 Å². The lowest BCUT2D eigenvalue weighted by Gasteiger charge is -2.17. The number of hydrogen-bond acceptors (Lipinski definition) is 3. The second kappa shape index (κ2) is 7.40. The Morgan fingerprint density at radius 1 is 1.38 bits per heavy atom. The summed E-state index contributed by atoms with van der Waals surface area (Å²) in [7, 11) is 3.60. The Kier molecular flexibility index (Phi) is 6.14. The normalized spacial score (nSPS) is 11.1. The van der Waals surface area contributed by atoms with Gasteiger partial charge in [-0.2, -0.15) is 13.2 Å². The zero-order chi connectivity index (χ0) is 16.0. The van der Waals surface area contributed by atoms with Crippen LogP contribution in [0.3, 0.4) is 0 Å². The van der Waals surface area contributed by atoms with Gasteiger partial charge in [-0.3, -0.25) is 4.79 Å². The van der Waals surface area contributed by atoms with Gasteiger partial charge < -0.3 is 15.0 Å². The monoisotopic (exact) mass is 324 g/mol. The summed E-state index contributed by atoms with van der Waals surface area (Å²) in [6, 6.07) is 4.79. The van der Waals surface area contributed by atoms with Crippen molar-refractivity contribution < 1.29 is 22.7 Å². The fraction of sp³-hybridized carbons (Fsp3) is 0.462. The Morgan fingerprint density at radius 3 is 2.57 bits per heavy atom. The van der Waals surface area contributed by atoms with E-state index in [9.17, 15) is 18.0 Å². The number of benzene rings is 1. The molecule has 21 heavy (non-hydrogen) atoms. The summed E-state index contributed by atoms with van der Waals surface area (Å²) in [6.45, 7) is -0.519. The van der Waals surface area contributed by atoms with E-state index in [1.807, 2.05) is 0 Å². The van der Waals surface area contributed by atoms with E-state index in [0.29, 0.717) is 0 Å². The topological polar surface area (TPSA) is 41.6 Å². The van der Waals surface area contributed by atoms with Gasteiger partial charge in [0.15, 0.2) is 0 Å². The molecule has 0 aromatic heterocycles. The number of carbonyl (C=O) groups excluding carboxylic acids is 1. The highest BCUT2D eigenvalue weighted by Gasteiger charge is 2.27. The van der Waals surface area contributed by atoms with Crippen LogP contribution in [0.15, 0.2) is 18.2 Å². The summed E-state index contributed by atoms with van der Waals surface area (Å²) < 4.78 is 41.5. The number of nitrogens with zero attached hydrogens (tertiary/aromatic N) is 1. The van der Waals surface area contributed by atoms with Crippen LogP contribution in [-0.4, -0.2) is 38.7 Å². The third-order valence-corrected chi connectivity index (χ3v) is 2.76. The van der Waals surface area contributed by atoms with Crippen LogP contribution < -0.4 is 15.0 Å². The molecule has 0 aliphatic rings. The second-order valence-electron chi connectivity index (χ2n) is 4.47. The summed E-state index contributed by atoms with van der Waals surface area (Å²) in [5, 5.41) is 2.50. The molecular weight excluding hydrogens is 309 g/mol. The molecule has 1 N–H and O–H groups in total. The number of halogens is 4. The molecule has 1 amide bonds. The molecule has 118 valence electrons. The lowest BCUT2D eigenvalue weighted by atomic mass is 10.2. The van der Waals surface area contributed by atoms with E-state index < -0.39 is 25.1 Å². The van der Waals surface area contributed by atoms with Crippen LogP contribution in [0.5, 0.6) is 5.75 Å². The Morgan fingerprint density at radius 2 is 2.05 bits per heavy atom. The summed E-state index contributed by atoms with van der Waals surface area (Å²) >= 11 is 5.41. The van der Waals surface area contributed by atoms with Crippen LogP contribution in [0.1, 0.15) is 6.42 Å². The first-order chi connectivity index (χ1) is 9.73. The third-order valence-electron chi connectivity index (χ3n) is 2.52. The first-order valence-electron chi connectivity index (χ1n) is 6.09. The van der Waals surface area contributed by atoms with Crippen LogP contribution in [0.4, 0.5) is 24.5 Å². The molecule has 8 heteroatoms. The maximum Gasteiger partial charge on any atom is 0.392 e. The number of ether oxygens (including phenoxy) is 1. The molecule has 0 spiro atoms. The molecule has 1 aromatic carbocycles. The zero-order valence-corrected chi connectivity index (χ0v) is 12.4. The van der Waals surface area contributed by atoms with Crippen molar-refractivity contribution in [3.63, 3.8) is 0 Å². The van der Waals surface area contributed by atoms with E-state index in [1.165, 1.54) is 6.07 Å². The first-order valence-corrected chi connectivity index (χ1v) is 6.63. The van der Waals surface area contributed by atoms with Crippen molar-refractivity contribution in [1.82, 2.24) is 0 Å². The number of alkyl halides is 4. The predicted octanol–water partition coefficient (Wildman–Crippen LogP) is 3.26. The van der Waals surface area contributed by atoms with Gasteiger partial charge >= 0.3 is 6.18 Å². The van der Waals surface area contributed by atoms with Crippen LogP contribution in [-0.2, 0) is 4.79 Å². The lowest BCUT2D eigenvalue weighted by molar-refractivity contribution is -0.139. The van der Waals surface area contributed by atoms with Crippen LogP contribution in [0, 0.1) is 0 Å². The predicted molar refractivity (Wildman–Crippen MR) is 76.3 cm³/mol. The van der Waals surface area contributed by atoms with E-state index >= 15 is 0 Å². The highest BCUT2D eigenvalue weighted by atomic mass is 35.5. The number of carbonyl (C=O) groups is 1. The fourth-order valence-corrected chi connectivity index (χ4v) is 1.55. The molecule has 4 nitrogen and oxygen atoms in total. The molecule has 0 saturated heterocycles. The largest absolute Gasteiger partial charge is 0.491 e. The highest BCUT2D eigenvalue weighted by Crippen LogP contribution is 2.30. The van der Waals surface area contributed by atoms with E-state index in [4.69, 9.17) is 16.3 Å². The van der Waals surface area contributed by atoms with Gasteiger partial charge in [-0.25, -0.2) is 0 Å². The van der Waals surface area contributed by atoms with Gasteiger partial charge in [-0.05, 0) is 18.2 Å². The molecular formula is C13H16ClF3N2O2. The maximum absolute atomic E-state index is 12.1. The van der Waals surface area contributed by atoms with E-state index in [2.05, 4.69) is 5.32 Å². The van der Waals surface area contributed by atoms with Crippen molar-refractivity contribution in [1.29, 1.82) is 0 Å². The minimum atomic E-state index is -4.29. The van der Waals surface area contributed by atoms with Crippen molar-refractivity contribution in [2.75, 3.05) is 36.8 Å². The maximum atomic E-state index is 12.1. The molecule has 0 aliphatic carbocycles. The van der Waals surface area contributed by atoms with Gasteiger partial charge in [0, 0.05) is 19.8 Å². The average Bonchev–Trinajstić information content (AvgIpc) is 2.38. The molecule has 0 bridgehead atoms. The minimum Gasteiger partial charge on any atom is -0.491 e. The van der Waals surface area contributed by atoms with E-state index in [-0.39, 0.29) is 17.3 Å². The quantitative estimate of drug-likeness (QED) is 0.817. The van der Waals surface area contributed by atoms with Crippen LogP contribution >= 0.6 is 11.6 Å². The van der Waals surface area contributed by atoms with Crippen molar-refractivity contribution in [2.24, 2.45) is 0 Å². The SMILES string of the molecule is CN(C)c1ccc(OCCC(F)(F)F)c(NC(=O)CCl)c1. The molecule has 0 radical (unpaired) electrons. The van der Waals surface area contributed by atoms with Crippen LogP contribution in [0.2, 0.25) is 0 Å². The standard InChI is InChI=1S/C13H16ClF3N2O2/c1-19(2)9-3-4-11(21-6-5-13(15,16)17)10(7-9)18-12(20)8-14/h3-4,7H,5-6,8H2,1-2H3,(H,18,20).